The van der Waals surface area contributed by atoms with Crippen molar-refractivity contribution in [1.29, 1.82) is 0 Å². The molecule has 2 nitrogen and oxygen atoms in total. The molecule has 1 N–H and O–H groups in total. The lowest BCUT2D eigenvalue weighted by atomic mass is 9.48. The SMILES string of the molecule is CC(C)COCC(O)C12CC3CC(CC(C3)C1)C2. The summed E-state index contributed by atoms with van der Waals surface area (Å²) in [5.74, 6) is 3.30. The molecule has 0 heterocycles. The van der Waals surface area contributed by atoms with Gasteiger partial charge < -0.3 is 9.84 Å². The van der Waals surface area contributed by atoms with E-state index in [1.54, 1.807) is 0 Å². The third-order valence-corrected chi connectivity index (χ3v) is 5.52. The maximum atomic E-state index is 10.6. The van der Waals surface area contributed by atoms with E-state index in [1.807, 2.05) is 0 Å². The van der Waals surface area contributed by atoms with E-state index in [-0.39, 0.29) is 11.5 Å². The summed E-state index contributed by atoms with van der Waals surface area (Å²) in [6, 6.07) is 0. The van der Waals surface area contributed by atoms with Gasteiger partial charge in [0, 0.05) is 6.61 Å². The van der Waals surface area contributed by atoms with Gasteiger partial charge in [-0.1, -0.05) is 13.8 Å². The van der Waals surface area contributed by atoms with Gasteiger partial charge in [0.1, 0.15) is 0 Å². The molecular formula is C16H28O2. The van der Waals surface area contributed by atoms with Crippen LogP contribution in [0.2, 0.25) is 0 Å². The topological polar surface area (TPSA) is 29.5 Å². The Morgan fingerprint density at radius 2 is 1.50 bits per heavy atom. The van der Waals surface area contributed by atoms with Crippen LogP contribution in [-0.4, -0.2) is 24.4 Å². The highest BCUT2D eigenvalue weighted by Crippen LogP contribution is 2.61. The first kappa shape index (κ1) is 12.9. The molecule has 0 spiro atoms. The molecular weight excluding hydrogens is 224 g/mol. The zero-order valence-corrected chi connectivity index (χ0v) is 11.9. The molecule has 0 amide bonds. The van der Waals surface area contributed by atoms with Gasteiger partial charge in [-0.3, -0.25) is 0 Å². The van der Waals surface area contributed by atoms with Gasteiger partial charge in [-0.15, -0.1) is 0 Å². The number of hydrogen-bond donors (Lipinski definition) is 1. The summed E-state index contributed by atoms with van der Waals surface area (Å²) < 4.78 is 5.70. The lowest BCUT2D eigenvalue weighted by Crippen LogP contribution is -2.52. The smallest absolute Gasteiger partial charge is 0.0829 e. The van der Waals surface area contributed by atoms with Crippen molar-refractivity contribution >= 4 is 0 Å². The zero-order chi connectivity index (χ0) is 12.8. The average Bonchev–Trinajstić information content (AvgIpc) is 2.26. The number of hydrogen-bond acceptors (Lipinski definition) is 2. The summed E-state index contributed by atoms with van der Waals surface area (Å²) in [6.45, 7) is 5.67. The molecule has 4 aliphatic rings. The highest BCUT2D eigenvalue weighted by atomic mass is 16.5. The fourth-order valence-electron chi connectivity index (χ4n) is 5.18. The second kappa shape index (κ2) is 4.79. The molecule has 0 aromatic rings. The van der Waals surface area contributed by atoms with Crippen LogP contribution in [0.25, 0.3) is 0 Å². The number of ether oxygens (including phenoxy) is 1. The minimum Gasteiger partial charge on any atom is -0.390 e. The number of rotatable bonds is 5. The minimum atomic E-state index is -0.218. The third-order valence-electron chi connectivity index (χ3n) is 5.52. The van der Waals surface area contributed by atoms with Crippen LogP contribution < -0.4 is 0 Å². The molecule has 4 rings (SSSR count). The summed E-state index contributed by atoms with van der Waals surface area (Å²) in [4.78, 5) is 0. The summed E-state index contributed by atoms with van der Waals surface area (Å²) in [7, 11) is 0. The normalized spacial score (nSPS) is 43.7. The standard InChI is InChI=1S/C16H28O2/c1-11(2)9-18-10-15(17)16-6-12-3-13(7-16)5-14(4-12)8-16/h11-15,17H,3-10H2,1-2H3. The Bertz CT molecular complexity index is 262. The van der Waals surface area contributed by atoms with Crippen LogP contribution >= 0.6 is 0 Å². The molecule has 0 aromatic heterocycles. The minimum absolute atomic E-state index is 0.218. The van der Waals surface area contributed by atoms with E-state index in [4.69, 9.17) is 4.74 Å². The van der Waals surface area contributed by atoms with Gasteiger partial charge >= 0.3 is 0 Å². The van der Waals surface area contributed by atoms with E-state index in [0.717, 1.165) is 24.4 Å². The molecule has 4 saturated carbocycles. The molecule has 18 heavy (non-hydrogen) atoms. The molecule has 0 radical (unpaired) electrons. The molecule has 2 heteroatoms. The van der Waals surface area contributed by atoms with Crippen molar-refractivity contribution in [3.8, 4) is 0 Å². The Morgan fingerprint density at radius 3 is 1.94 bits per heavy atom. The van der Waals surface area contributed by atoms with Gasteiger partial charge in [-0.05, 0) is 67.6 Å². The molecule has 4 aliphatic carbocycles. The highest BCUT2D eigenvalue weighted by Gasteiger charge is 2.53. The van der Waals surface area contributed by atoms with Crippen molar-refractivity contribution in [3.05, 3.63) is 0 Å². The molecule has 0 aliphatic heterocycles. The van der Waals surface area contributed by atoms with E-state index >= 15 is 0 Å². The fourth-order valence-corrected chi connectivity index (χ4v) is 5.18. The van der Waals surface area contributed by atoms with Gasteiger partial charge in [0.15, 0.2) is 0 Å². The number of aliphatic hydroxyl groups is 1. The van der Waals surface area contributed by atoms with E-state index in [1.165, 1.54) is 38.5 Å². The highest BCUT2D eigenvalue weighted by molar-refractivity contribution is 5.04. The maximum absolute atomic E-state index is 10.6. The van der Waals surface area contributed by atoms with E-state index < -0.39 is 0 Å². The van der Waals surface area contributed by atoms with Gasteiger partial charge in [-0.2, -0.15) is 0 Å². The van der Waals surface area contributed by atoms with Crippen LogP contribution in [0.1, 0.15) is 52.4 Å². The van der Waals surface area contributed by atoms with Crippen LogP contribution in [0.15, 0.2) is 0 Å². The third kappa shape index (κ3) is 2.34. The van der Waals surface area contributed by atoms with Gasteiger partial charge in [0.2, 0.25) is 0 Å². The Morgan fingerprint density at radius 1 is 1.00 bits per heavy atom. The first-order valence-electron chi connectivity index (χ1n) is 7.83. The summed E-state index contributed by atoms with van der Waals surface area (Å²) in [5, 5.41) is 10.6. The average molecular weight is 252 g/mol. The number of aliphatic hydroxyl groups excluding tert-OH is 1. The van der Waals surface area contributed by atoms with Crippen LogP contribution in [0.4, 0.5) is 0 Å². The van der Waals surface area contributed by atoms with Crippen molar-refractivity contribution in [3.63, 3.8) is 0 Å². The lowest BCUT2D eigenvalue weighted by Gasteiger charge is -2.58. The Hall–Kier alpha value is -0.0800. The predicted molar refractivity (Wildman–Crippen MR) is 72.3 cm³/mol. The van der Waals surface area contributed by atoms with Crippen molar-refractivity contribution in [1.82, 2.24) is 0 Å². The predicted octanol–water partition coefficient (Wildman–Crippen LogP) is 3.24. The van der Waals surface area contributed by atoms with Crippen molar-refractivity contribution in [2.45, 2.75) is 58.5 Å². The lowest BCUT2D eigenvalue weighted by molar-refractivity contribution is -0.140. The second-order valence-corrected chi connectivity index (χ2v) is 7.73. The molecule has 4 bridgehead atoms. The van der Waals surface area contributed by atoms with Crippen molar-refractivity contribution in [2.75, 3.05) is 13.2 Å². The van der Waals surface area contributed by atoms with Crippen LogP contribution in [-0.2, 0) is 4.74 Å². The fraction of sp³-hybridized carbons (Fsp3) is 1.00. The van der Waals surface area contributed by atoms with Gasteiger partial charge in [-0.25, -0.2) is 0 Å². The first-order valence-corrected chi connectivity index (χ1v) is 7.83. The maximum Gasteiger partial charge on any atom is 0.0829 e. The molecule has 0 saturated heterocycles. The first-order chi connectivity index (χ1) is 8.57. The quantitative estimate of drug-likeness (QED) is 0.814. The summed E-state index contributed by atoms with van der Waals surface area (Å²) in [6.07, 6.45) is 7.92. The van der Waals surface area contributed by atoms with Gasteiger partial charge in [0.25, 0.3) is 0 Å². The Labute approximate surface area is 111 Å². The van der Waals surface area contributed by atoms with Crippen molar-refractivity contribution in [2.24, 2.45) is 29.1 Å². The Kier molecular flexibility index (Phi) is 3.44. The van der Waals surface area contributed by atoms with Crippen LogP contribution in [0.3, 0.4) is 0 Å². The van der Waals surface area contributed by atoms with E-state index in [2.05, 4.69) is 13.8 Å². The van der Waals surface area contributed by atoms with Crippen LogP contribution in [0, 0.1) is 29.1 Å². The molecule has 1 unspecified atom stereocenters. The Balaban J connectivity index is 1.60. The van der Waals surface area contributed by atoms with E-state index in [9.17, 15) is 5.11 Å². The summed E-state index contributed by atoms with van der Waals surface area (Å²) >= 11 is 0. The second-order valence-electron chi connectivity index (χ2n) is 7.73. The molecule has 4 fully saturated rings. The molecule has 0 aromatic carbocycles. The molecule has 104 valence electrons. The van der Waals surface area contributed by atoms with Crippen LogP contribution in [0.5, 0.6) is 0 Å². The van der Waals surface area contributed by atoms with E-state index in [0.29, 0.717) is 12.5 Å². The summed E-state index contributed by atoms with van der Waals surface area (Å²) in [5.41, 5.74) is 0.228. The largest absolute Gasteiger partial charge is 0.390 e. The monoisotopic (exact) mass is 252 g/mol. The van der Waals surface area contributed by atoms with Crippen molar-refractivity contribution < 1.29 is 9.84 Å². The molecule has 1 atom stereocenters. The zero-order valence-electron chi connectivity index (χ0n) is 11.9. The van der Waals surface area contributed by atoms with Gasteiger partial charge in [0.05, 0.1) is 12.7 Å².